The fourth-order valence-corrected chi connectivity index (χ4v) is 3.10. The lowest BCUT2D eigenvalue weighted by molar-refractivity contribution is -0.117. The van der Waals surface area contributed by atoms with Crippen molar-refractivity contribution in [2.75, 3.05) is 0 Å². The number of carbonyl (C=O) groups excluding carboxylic acids is 1. The summed E-state index contributed by atoms with van der Waals surface area (Å²) in [6.45, 7) is 5.32. The first-order valence-corrected chi connectivity index (χ1v) is 6.85. The number of rotatable bonds is 3. The molecule has 0 radical (unpaired) electrons. The minimum absolute atomic E-state index is 0.0260. The van der Waals surface area contributed by atoms with Crippen molar-refractivity contribution in [1.82, 2.24) is 9.55 Å². The molecular weight excluding hydrogens is 272 g/mol. The normalized spacial score (nSPS) is 11.1. The van der Waals surface area contributed by atoms with Gasteiger partial charge in [-0.1, -0.05) is 0 Å². The predicted octanol–water partition coefficient (Wildman–Crippen LogP) is 2.40. The lowest BCUT2D eigenvalue weighted by atomic mass is 10.2. The first-order valence-electron chi connectivity index (χ1n) is 5.50. The van der Waals surface area contributed by atoms with Gasteiger partial charge in [0.1, 0.15) is 16.4 Å². The summed E-state index contributed by atoms with van der Waals surface area (Å²) in [4.78, 5) is 29.8. The zero-order valence-electron chi connectivity index (χ0n) is 10.4. The summed E-state index contributed by atoms with van der Waals surface area (Å²) in [7, 11) is 0. The number of hydrogen-bond donors (Lipinski definition) is 0. The van der Waals surface area contributed by atoms with Crippen LogP contribution >= 0.6 is 22.9 Å². The molecule has 0 unspecified atom stereocenters. The van der Waals surface area contributed by atoms with Crippen LogP contribution in [0.25, 0.3) is 10.2 Å². The van der Waals surface area contributed by atoms with Crippen LogP contribution in [-0.4, -0.2) is 15.3 Å². The van der Waals surface area contributed by atoms with Gasteiger partial charge in [-0.3, -0.25) is 14.2 Å². The smallest absolute Gasteiger partial charge is 0.262 e. The van der Waals surface area contributed by atoms with E-state index in [9.17, 15) is 9.59 Å². The lowest BCUT2D eigenvalue weighted by Crippen LogP contribution is -2.27. The van der Waals surface area contributed by atoms with Crippen molar-refractivity contribution >= 4 is 38.9 Å². The molecule has 2 rings (SSSR count). The third-order valence-electron chi connectivity index (χ3n) is 2.87. The monoisotopic (exact) mass is 284 g/mol. The van der Waals surface area contributed by atoms with Crippen LogP contribution in [0.2, 0.25) is 0 Å². The summed E-state index contributed by atoms with van der Waals surface area (Å²) in [6.07, 6.45) is 0. The average molecular weight is 285 g/mol. The number of halogens is 1. The van der Waals surface area contributed by atoms with Crippen molar-refractivity contribution in [1.29, 1.82) is 0 Å². The Kier molecular flexibility index (Phi) is 3.54. The van der Waals surface area contributed by atoms with Crippen molar-refractivity contribution in [3.05, 3.63) is 26.6 Å². The zero-order valence-corrected chi connectivity index (χ0v) is 12.0. The van der Waals surface area contributed by atoms with Gasteiger partial charge in [0.2, 0.25) is 0 Å². The highest BCUT2D eigenvalue weighted by Crippen LogP contribution is 2.26. The van der Waals surface area contributed by atoms with Gasteiger partial charge in [-0.25, -0.2) is 4.98 Å². The Morgan fingerprint density at radius 1 is 1.44 bits per heavy atom. The molecule has 96 valence electrons. The van der Waals surface area contributed by atoms with Gasteiger partial charge in [0.05, 0.1) is 17.8 Å². The van der Waals surface area contributed by atoms with Gasteiger partial charge >= 0.3 is 0 Å². The second kappa shape index (κ2) is 4.82. The van der Waals surface area contributed by atoms with E-state index in [2.05, 4.69) is 4.98 Å². The molecule has 6 heteroatoms. The highest BCUT2D eigenvalue weighted by atomic mass is 35.5. The van der Waals surface area contributed by atoms with E-state index in [-0.39, 0.29) is 23.8 Å². The van der Waals surface area contributed by atoms with Gasteiger partial charge in [-0.05, 0) is 26.3 Å². The average Bonchev–Trinajstić information content (AvgIpc) is 2.58. The summed E-state index contributed by atoms with van der Waals surface area (Å²) in [5.74, 6) is 0.480. The van der Waals surface area contributed by atoms with Crippen LogP contribution in [0.4, 0.5) is 0 Å². The summed E-state index contributed by atoms with van der Waals surface area (Å²) in [5, 5.41) is 0.604. The third kappa shape index (κ3) is 2.08. The van der Waals surface area contributed by atoms with Gasteiger partial charge in [0, 0.05) is 4.88 Å². The fraction of sp³-hybridized carbons (Fsp3) is 0.417. The van der Waals surface area contributed by atoms with Gasteiger partial charge < -0.3 is 0 Å². The molecule has 18 heavy (non-hydrogen) atoms. The predicted molar refractivity (Wildman–Crippen MR) is 73.6 cm³/mol. The summed E-state index contributed by atoms with van der Waals surface area (Å²) >= 11 is 7.29. The van der Waals surface area contributed by atoms with E-state index in [4.69, 9.17) is 11.6 Å². The Balaban J connectivity index is 2.83. The van der Waals surface area contributed by atoms with Crippen LogP contribution < -0.4 is 5.56 Å². The van der Waals surface area contributed by atoms with Crippen molar-refractivity contribution < 1.29 is 4.79 Å². The maximum absolute atomic E-state index is 12.4. The molecule has 0 saturated carbocycles. The number of aryl methyl sites for hydroxylation is 2. The topological polar surface area (TPSA) is 52.0 Å². The molecule has 0 N–H and O–H groups in total. The molecule has 0 atom stereocenters. The first-order chi connectivity index (χ1) is 8.45. The Morgan fingerprint density at radius 3 is 2.67 bits per heavy atom. The number of hydrogen-bond acceptors (Lipinski definition) is 4. The van der Waals surface area contributed by atoms with E-state index in [0.717, 1.165) is 10.4 Å². The quantitative estimate of drug-likeness (QED) is 0.813. The molecule has 0 aliphatic carbocycles. The van der Waals surface area contributed by atoms with Crippen LogP contribution in [0, 0.1) is 13.8 Å². The summed E-state index contributed by atoms with van der Waals surface area (Å²) in [6, 6.07) is 0. The van der Waals surface area contributed by atoms with Gasteiger partial charge in [-0.15, -0.1) is 22.9 Å². The molecule has 4 nitrogen and oxygen atoms in total. The molecular formula is C12H13ClN2O2S. The Labute approximate surface area is 113 Å². The minimum Gasteiger partial charge on any atom is -0.298 e. The van der Waals surface area contributed by atoms with E-state index < -0.39 is 0 Å². The van der Waals surface area contributed by atoms with Crippen LogP contribution in [-0.2, 0) is 17.2 Å². The molecule has 2 heterocycles. The maximum Gasteiger partial charge on any atom is 0.262 e. The van der Waals surface area contributed by atoms with Crippen molar-refractivity contribution in [3.8, 4) is 0 Å². The summed E-state index contributed by atoms with van der Waals surface area (Å²) < 4.78 is 1.37. The molecule has 0 aliphatic rings. The lowest BCUT2D eigenvalue weighted by Gasteiger charge is -2.08. The third-order valence-corrected chi connectivity index (χ3v) is 4.21. The number of nitrogens with zero attached hydrogens (tertiary/aromatic N) is 2. The second-order valence-corrected chi connectivity index (χ2v) is 5.69. The molecule has 0 aliphatic heterocycles. The van der Waals surface area contributed by atoms with Crippen molar-refractivity contribution in [2.45, 2.75) is 33.2 Å². The van der Waals surface area contributed by atoms with E-state index >= 15 is 0 Å². The number of ketones is 1. The van der Waals surface area contributed by atoms with E-state index in [1.165, 1.54) is 22.8 Å². The van der Waals surface area contributed by atoms with Gasteiger partial charge in [-0.2, -0.15) is 0 Å². The molecule has 0 aromatic carbocycles. The van der Waals surface area contributed by atoms with Crippen LogP contribution in [0.5, 0.6) is 0 Å². The number of Topliss-reactive ketones (excluding diaryl/α,β-unsaturated/α-hetero) is 1. The SMILES string of the molecule is CC(=O)Cn1c(CCl)nc2sc(C)c(C)c2c1=O. The van der Waals surface area contributed by atoms with Crippen LogP contribution in [0.3, 0.4) is 0 Å². The second-order valence-electron chi connectivity index (χ2n) is 4.22. The molecule has 0 spiro atoms. The van der Waals surface area contributed by atoms with Gasteiger partial charge in [0.15, 0.2) is 0 Å². The Hall–Kier alpha value is -1.20. The Bertz CT molecular complexity index is 687. The standard InChI is InChI=1S/C12H13ClN2O2S/c1-6(16)5-15-9(4-13)14-11-10(12(15)17)7(2)8(3)18-11/h4-5H2,1-3H3. The van der Waals surface area contributed by atoms with Crippen molar-refractivity contribution in [2.24, 2.45) is 0 Å². The number of thiophene rings is 1. The Morgan fingerprint density at radius 2 is 2.11 bits per heavy atom. The zero-order chi connectivity index (χ0) is 13.4. The largest absolute Gasteiger partial charge is 0.298 e. The molecule has 2 aromatic rings. The van der Waals surface area contributed by atoms with E-state index in [1.807, 2.05) is 13.8 Å². The number of alkyl halides is 1. The van der Waals surface area contributed by atoms with Crippen LogP contribution in [0.1, 0.15) is 23.2 Å². The van der Waals surface area contributed by atoms with Crippen LogP contribution in [0.15, 0.2) is 4.79 Å². The number of aromatic nitrogens is 2. The highest BCUT2D eigenvalue weighted by Gasteiger charge is 2.16. The van der Waals surface area contributed by atoms with Crippen molar-refractivity contribution in [3.63, 3.8) is 0 Å². The molecule has 0 bridgehead atoms. The maximum atomic E-state index is 12.4. The first kappa shape index (κ1) is 13.2. The van der Waals surface area contributed by atoms with E-state index in [1.54, 1.807) is 0 Å². The number of fused-ring (bicyclic) bond motifs is 1. The van der Waals surface area contributed by atoms with E-state index in [0.29, 0.717) is 16.0 Å². The molecule has 0 fully saturated rings. The highest BCUT2D eigenvalue weighted by molar-refractivity contribution is 7.18. The van der Waals surface area contributed by atoms with Gasteiger partial charge in [0.25, 0.3) is 5.56 Å². The summed E-state index contributed by atoms with van der Waals surface area (Å²) in [5.41, 5.74) is 0.763. The molecule has 2 aromatic heterocycles. The molecule has 0 amide bonds. The molecule has 0 saturated heterocycles. The minimum atomic E-state index is -0.173. The number of carbonyl (C=O) groups is 1. The fourth-order valence-electron chi connectivity index (χ4n) is 1.86.